The molecule has 172 valence electrons. The average molecular weight is 478 g/mol. The Hall–Kier alpha value is -3.22. The second-order valence-electron chi connectivity index (χ2n) is 6.80. The van der Waals surface area contributed by atoms with Crippen molar-refractivity contribution in [1.82, 2.24) is 0 Å². The number of nitrogens with one attached hydrogen (secondary N) is 1. The minimum absolute atomic E-state index is 0.120. The lowest BCUT2D eigenvalue weighted by Crippen LogP contribution is -2.29. The smallest absolute Gasteiger partial charge is 0.495 e. The molecule has 0 radical (unpaired) electrons. The maximum absolute atomic E-state index is 14.0. The monoisotopic (exact) mass is 478 g/mol. The first-order valence-corrected chi connectivity index (χ1v) is 10.4. The number of hydrogen-bond acceptors (Lipinski definition) is 5. The molecule has 3 rings (SSSR count). The highest BCUT2D eigenvalue weighted by molar-refractivity contribution is 7.92. The van der Waals surface area contributed by atoms with Crippen molar-refractivity contribution >= 4 is 33.0 Å². The zero-order chi connectivity index (χ0) is 23.8. The van der Waals surface area contributed by atoms with Gasteiger partial charge in [-0.1, -0.05) is 0 Å². The Labute approximate surface area is 178 Å². The molecule has 1 heterocycles. The summed E-state index contributed by atoms with van der Waals surface area (Å²) in [7, 11) is -4.53. The molecule has 32 heavy (non-hydrogen) atoms. The van der Waals surface area contributed by atoms with Gasteiger partial charge < -0.3 is 15.0 Å². The van der Waals surface area contributed by atoms with Crippen LogP contribution in [0, 0.1) is 17.6 Å². The van der Waals surface area contributed by atoms with E-state index in [9.17, 15) is 40.0 Å². The number of carbonyl (C=O) groups is 2. The summed E-state index contributed by atoms with van der Waals surface area (Å²) in [5.74, 6) is -4.48. The van der Waals surface area contributed by atoms with Gasteiger partial charge in [0.1, 0.15) is 17.4 Å². The Morgan fingerprint density at radius 3 is 2.44 bits per heavy atom. The summed E-state index contributed by atoms with van der Waals surface area (Å²) in [5, 5.41) is 2.26. The summed E-state index contributed by atoms with van der Waals surface area (Å²) < 4.78 is 93.9. The molecule has 0 spiro atoms. The Morgan fingerprint density at radius 2 is 1.84 bits per heavy atom. The van der Waals surface area contributed by atoms with E-state index in [-0.39, 0.29) is 30.1 Å². The number of halogens is 5. The summed E-state index contributed by atoms with van der Waals surface area (Å²) in [4.78, 5) is 24.7. The molecule has 7 nitrogen and oxygen atoms in total. The highest BCUT2D eigenvalue weighted by atomic mass is 32.2. The van der Waals surface area contributed by atoms with E-state index < -0.39 is 49.6 Å². The summed E-state index contributed by atoms with van der Waals surface area (Å²) in [6, 6.07) is 4.76. The third kappa shape index (κ3) is 4.38. The lowest BCUT2D eigenvalue weighted by atomic mass is 10.1. The number of ether oxygens (including phenoxy) is 1. The molecule has 2 amide bonds. The fraction of sp³-hybridized carbons (Fsp3) is 0.263. The zero-order valence-electron chi connectivity index (χ0n) is 16.2. The Bertz CT molecular complexity index is 1180. The number of methoxy groups -OCH3 is 1. The predicted molar refractivity (Wildman–Crippen MR) is 102 cm³/mol. The Balaban J connectivity index is 1.84. The molecule has 1 fully saturated rings. The molecule has 1 aliphatic heterocycles. The maximum Gasteiger partial charge on any atom is 0.501 e. The minimum atomic E-state index is -5.68. The predicted octanol–water partition coefficient (Wildman–Crippen LogP) is 3.26. The van der Waals surface area contributed by atoms with Crippen molar-refractivity contribution in [2.45, 2.75) is 16.8 Å². The van der Waals surface area contributed by atoms with Gasteiger partial charge in [0.2, 0.25) is 11.8 Å². The van der Waals surface area contributed by atoms with Crippen LogP contribution in [0.15, 0.2) is 41.3 Å². The first kappa shape index (κ1) is 23.4. The van der Waals surface area contributed by atoms with Gasteiger partial charge in [-0.3, -0.25) is 9.59 Å². The largest absolute Gasteiger partial charge is 0.501 e. The second-order valence-corrected chi connectivity index (χ2v) is 8.74. The normalized spacial score (nSPS) is 16.9. The molecule has 0 bridgehead atoms. The number of sulfone groups is 1. The number of anilines is 2. The number of hydrogen-bond donors (Lipinski definition) is 1. The van der Waals surface area contributed by atoms with Crippen LogP contribution in [0.2, 0.25) is 0 Å². The molecule has 13 heteroatoms. The number of amides is 2. The Kier molecular flexibility index (Phi) is 6.13. The fourth-order valence-electron chi connectivity index (χ4n) is 3.14. The van der Waals surface area contributed by atoms with Crippen molar-refractivity contribution in [3.8, 4) is 5.75 Å². The van der Waals surface area contributed by atoms with E-state index in [1.807, 2.05) is 0 Å². The van der Waals surface area contributed by atoms with Gasteiger partial charge in [0.15, 0.2) is 0 Å². The summed E-state index contributed by atoms with van der Waals surface area (Å²) >= 11 is 0. The third-order valence-corrected chi connectivity index (χ3v) is 6.22. The van der Waals surface area contributed by atoms with Crippen LogP contribution in [0.25, 0.3) is 0 Å². The lowest BCUT2D eigenvalue weighted by molar-refractivity contribution is -0.122. The minimum Gasteiger partial charge on any atom is -0.495 e. The van der Waals surface area contributed by atoms with Crippen LogP contribution < -0.4 is 15.0 Å². The highest BCUT2D eigenvalue weighted by Crippen LogP contribution is 2.35. The van der Waals surface area contributed by atoms with E-state index >= 15 is 0 Å². The van der Waals surface area contributed by atoms with Crippen LogP contribution >= 0.6 is 0 Å². The zero-order valence-corrected chi connectivity index (χ0v) is 17.1. The van der Waals surface area contributed by atoms with Crippen molar-refractivity contribution in [2.75, 3.05) is 23.9 Å². The Morgan fingerprint density at radius 1 is 1.16 bits per heavy atom. The van der Waals surface area contributed by atoms with Crippen LogP contribution in [0.5, 0.6) is 5.75 Å². The average Bonchev–Trinajstić information content (AvgIpc) is 3.08. The molecule has 1 aliphatic rings. The van der Waals surface area contributed by atoms with E-state index in [1.165, 1.54) is 0 Å². The fourth-order valence-corrected chi connectivity index (χ4v) is 3.92. The lowest BCUT2D eigenvalue weighted by Gasteiger charge is -2.18. The number of rotatable bonds is 5. The molecule has 2 aromatic carbocycles. The van der Waals surface area contributed by atoms with Crippen LogP contribution in [0.3, 0.4) is 0 Å². The molecule has 0 aromatic heterocycles. The van der Waals surface area contributed by atoms with Gasteiger partial charge in [-0.25, -0.2) is 17.2 Å². The van der Waals surface area contributed by atoms with Gasteiger partial charge in [-0.2, -0.15) is 13.2 Å². The van der Waals surface area contributed by atoms with Crippen molar-refractivity contribution in [2.24, 2.45) is 5.92 Å². The first-order valence-electron chi connectivity index (χ1n) is 8.91. The van der Waals surface area contributed by atoms with Crippen molar-refractivity contribution in [3.05, 3.63) is 48.0 Å². The number of benzene rings is 2. The van der Waals surface area contributed by atoms with Crippen molar-refractivity contribution in [1.29, 1.82) is 0 Å². The van der Waals surface area contributed by atoms with E-state index in [0.717, 1.165) is 30.2 Å². The summed E-state index contributed by atoms with van der Waals surface area (Å²) in [6.07, 6.45) is -0.356. The second kappa shape index (κ2) is 8.37. The molecule has 1 unspecified atom stereocenters. The molecule has 0 saturated carbocycles. The molecule has 0 aliphatic carbocycles. The van der Waals surface area contributed by atoms with Crippen LogP contribution in [-0.2, 0) is 19.4 Å². The molecule has 1 saturated heterocycles. The van der Waals surface area contributed by atoms with Gasteiger partial charge in [-0.05, 0) is 30.3 Å². The first-order chi connectivity index (χ1) is 14.8. The highest BCUT2D eigenvalue weighted by Gasteiger charge is 2.47. The third-order valence-electron chi connectivity index (χ3n) is 4.74. The van der Waals surface area contributed by atoms with Gasteiger partial charge in [0, 0.05) is 19.0 Å². The standard InChI is InChI=1S/C19H15F5N2O5S/c1-31-16-5-3-12(32(29,30)19(22,23)24)8-14(16)25-18(28)10-6-17(27)26(9-10)15-4-2-11(20)7-13(15)21/h2-5,7-8,10H,6,9H2,1H3,(H,25,28). The van der Waals surface area contributed by atoms with Gasteiger partial charge in [0.25, 0.3) is 9.84 Å². The summed E-state index contributed by atoms with van der Waals surface area (Å²) in [6.45, 7) is -0.282. The SMILES string of the molecule is COc1ccc(S(=O)(=O)C(F)(F)F)cc1NC(=O)C1CC(=O)N(c2ccc(F)cc2F)C1. The van der Waals surface area contributed by atoms with E-state index in [1.54, 1.807) is 0 Å². The molecule has 2 aromatic rings. The van der Waals surface area contributed by atoms with Gasteiger partial charge in [-0.15, -0.1) is 0 Å². The van der Waals surface area contributed by atoms with E-state index in [2.05, 4.69) is 5.32 Å². The van der Waals surface area contributed by atoms with Gasteiger partial charge >= 0.3 is 5.51 Å². The van der Waals surface area contributed by atoms with Crippen molar-refractivity contribution < 1.29 is 44.7 Å². The topological polar surface area (TPSA) is 92.8 Å². The van der Waals surface area contributed by atoms with E-state index in [4.69, 9.17) is 4.74 Å². The molecular formula is C19H15F5N2O5S. The summed E-state index contributed by atoms with van der Waals surface area (Å²) in [5.41, 5.74) is -6.15. The van der Waals surface area contributed by atoms with E-state index in [0.29, 0.717) is 18.2 Å². The molecule has 1 N–H and O–H groups in total. The number of carbonyl (C=O) groups excluding carboxylic acids is 2. The number of alkyl halides is 3. The molecular weight excluding hydrogens is 463 g/mol. The number of nitrogens with zero attached hydrogens (tertiary/aromatic N) is 1. The maximum atomic E-state index is 14.0. The van der Waals surface area contributed by atoms with Crippen LogP contribution in [-0.4, -0.2) is 39.4 Å². The van der Waals surface area contributed by atoms with Crippen LogP contribution in [0.1, 0.15) is 6.42 Å². The quantitative estimate of drug-likeness (QED) is 0.666. The molecule has 1 atom stereocenters. The van der Waals surface area contributed by atoms with Crippen molar-refractivity contribution in [3.63, 3.8) is 0 Å². The van der Waals surface area contributed by atoms with Crippen LogP contribution in [0.4, 0.5) is 33.3 Å². The van der Waals surface area contributed by atoms with Gasteiger partial charge in [0.05, 0.1) is 29.3 Å².